The Bertz CT molecular complexity index is 842. The number of carbonyl (C=O) groups is 2. The highest BCUT2D eigenvalue weighted by atomic mass is 16.4. The van der Waals surface area contributed by atoms with Gasteiger partial charge in [-0.2, -0.15) is 0 Å². The number of carboxylic acid groups (broad SMARTS) is 1. The van der Waals surface area contributed by atoms with Crippen molar-refractivity contribution >= 4 is 22.8 Å². The number of fused-ring (bicyclic) bond motifs is 1. The van der Waals surface area contributed by atoms with E-state index < -0.39 is 11.9 Å². The largest absolute Gasteiger partial charge is 0.481 e. The van der Waals surface area contributed by atoms with Crippen molar-refractivity contribution in [3.8, 4) is 0 Å². The number of nitrogens with zero attached hydrogens (tertiary/aromatic N) is 2. The first-order valence-electron chi connectivity index (χ1n) is 8.46. The minimum Gasteiger partial charge on any atom is -0.481 e. The average Bonchev–Trinajstić information content (AvgIpc) is 3.29. The van der Waals surface area contributed by atoms with E-state index in [2.05, 4.69) is 0 Å². The summed E-state index contributed by atoms with van der Waals surface area (Å²) >= 11 is 0. The van der Waals surface area contributed by atoms with Gasteiger partial charge in [0.15, 0.2) is 0 Å². The zero-order valence-corrected chi connectivity index (χ0v) is 13.7. The molecule has 1 amide bonds. The fourth-order valence-electron chi connectivity index (χ4n) is 3.44. The number of hydrogen-bond acceptors (Lipinski definition) is 3. The van der Waals surface area contributed by atoms with Gasteiger partial charge in [-0.1, -0.05) is 11.6 Å². The lowest BCUT2D eigenvalue weighted by Gasteiger charge is -2.18. The molecule has 2 fully saturated rings. The second-order valence-corrected chi connectivity index (χ2v) is 6.96. The van der Waals surface area contributed by atoms with E-state index in [4.69, 9.17) is 10.1 Å². The van der Waals surface area contributed by atoms with Crippen LogP contribution < -0.4 is 0 Å². The fraction of sp³-hybridized carbons (Fsp3) is 0.421. The Kier molecular flexibility index (Phi) is 3.52. The maximum Gasteiger partial charge on any atom is 0.308 e. The third kappa shape index (κ3) is 2.64. The highest BCUT2D eigenvalue weighted by Crippen LogP contribution is 2.40. The average molecular weight is 324 g/mol. The molecule has 0 unspecified atom stereocenters. The minimum atomic E-state index is -0.820. The monoisotopic (exact) mass is 324 g/mol. The summed E-state index contributed by atoms with van der Waals surface area (Å²) in [4.78, 5) is 30.6. The van der Waals surface area contributed by atoms with E-state index >= 15 is 0 Å². The SMILES string of the molecule is Cc1ccc2nc(C3CC3)cc(C(=O)N3CC[C@@H](C(=O)O)C3)c2c1. The first-order valence-corrected chi connectivity index (χ1v) is 8.46. The van der Waals surface area contributed by atoms with Gasteiger partial charge in [-0.15, -0.1) is 0 Å². The summed E-state index contributed by atoms with van der Waals surface area (Å²) in [6.07, 6.45) is 2.78. The highest BCUT2D eigenvalue weighted by molar-refractivity contribution is 6.06. The van der Waals surface area contributed by atoms with Gasteiger partial charge in [0.2, 0.25) is 0 Å². The van der Waals surface area contributed by atoms with Crippen LogP contribution in [0.5, 0.6) is 0 Å². The van der Waals surface area contributed by atoms with Crippen LogP contribution in [0, 0.1) is 12.8 Å². The molecule has 124 valence electrons. The van der Waals surface area contributed by atoms with E-state index in [1.165, 1.54) is 0 Å². The van der Waals surface area contributed by atoms with E-state index in [0.717, 1.165) is 35.0 Å². The molecule has 0 spiro atoms. The van der Waals surface area contributed by atoms with Crippen LogP contribution in [-0.4, -0.2) is 40.0 Å². The Morgan fingerprint density at radius 1 is 1.21 bits per heavy atom. The number of aliphatic carboxylic acids is 1. The molecule has 0 bridgehead atoms. The predicted octanol–water partition coefficient (Wildman–Crippen LogP) is 2.97. The number of benzene rings is 1. The molecule has 1 aromatic heterocycles. The number of aromatic nitrogens is 1. The molecule has 1 saturated carbocycles. The molecule has 1 aliphatic carbocycles. The minimum absolute atomic E-state index is 0.0707. The summed E-state index contributed by atoms with van der Waals surface area (Å²) in [5.74, 6) is -0.877. The van der Waals surface area contributed by atoms with Crippen molar-refractivity contribution in [2.45, 2.75) is 32.1 Å². The topological polar surface area (TPSA) is 70.5 Å². The quantitative estimate of drug-likeness (QED) is 0.942. The van der Waals surface area contributed by atoms with Crippen molar-refractivity contribution in [1.29, 1.82) is 0 Å². The summed E-state index contributed by atoms with van der Waals surface area (Å²) in [5.41, 5.74) is 3.59. The first kappa shape index (κ1) is 15.1. The van der Waals surface area contributed by atoms with Gasteiger partial charge in [-0.25, -0.2) is 0 Å². The molecule has 2 aliphatic rings. The van der Waals surface area contributed by atoms with Gasteiger partial charge < -0.3 is 10.0 Å². The number of pyridine rings is 1. The predicted molar refractivity (Wildman–Crippen MR) is 90.1 cm³/mol. The molecule has 1 atom stereocenters. The molecular weight excluding hydrogens is 304 g/mol. The van der Waals surface area contributed by atoms with Crippen molar-refractivity contribution in [2.75, 3.05) is 13.1 Å². The fourth-order valence-corrected chi connectivity index (χ4v) is 3.44. The summed E-state index contributed by atoms with van der Waals surface area (Å²) in [7, 11) is 0. The Hall–Kier alpha value is -2.43. The Morgan fingerprint density at radius 3 is 2.67 bits per heavy atom. The zero-order valence-electron chi connectivity index (χ0n) is 13.7. The number of rotatable bonds is 3. The van der Waals surface area contributed by atoms with E-state index in [9.17, 15) is 9.59 Å². The maximum absolute atomic E-state index is 13.0. The number of carboxylic acids is 1. The van der Waals surface area contributed by atoms with Crippen LogP contribution in [0.25, 0.3) is 10.9 Å². The van der Waals surface area contributed by atoms with Crippen LogP contribution in [0.2, 0.25) is 0 Å². The van der Waals surface area contributed by atoms with Crippen molar-refractivity contribution in [3.05, 3.63) is 41.1 Å². The van der Waals surface area contributed by atoms with Crippen molar-refractivity contribution in [2.24, 2.45) is 5.92 Å². The molecule has 1 aliphatic heterocycles. The van der Waals surface area contributed by atoms with Crippen LogP contribution in [0.1, 0.15) is 46.8 Å². The standard InChI is InChI=1S/C19H20N2O3/c1-11-2-5-16-14(8-11)15(9-17(20-16)12-3-4-12)18(22)21-7-6-13(10-21)19(23)24/h2,5,8-9,12-13H,3-4,6-7,10H2,1H3,(H,23,24)/t13-/m1/s1. The molecule has 1 aromatic carbocycles. The molecule has 1 saturated heterocycles. The van der Waals surface area contributed by atoms with Gasteiger partial charge in [0, 0.05) is 30.1 Å². The van der Waals surface area contributed by atoms with Crippen LogP contribution in [0.3, 0.4) is 0 Å². The number of carbonyl (C=O) groups excluding carboxylic acids is 1. The second-order valence-electron chi connectivity index (χ2n) is 6.96. The molecule has 0 radical (unpaired) electrons. The lowest BCUT2D eigenvalue weighted by Crippen LogP contribution is -2.30. The number of amides is 1. The summed E-state index contributed by atoms with van der Waals surface area (Å²) in [6.45, 7) is 2.80. The maximum atomic E-state index is 13.0. The first-order chi connectivity index (χ1) is 11.5. The Labute approximate surface area is 140 Å². The van der Waals surface area contributed by atoms with Crippen LogP contribution in [0.15, 0.2) is 24.3 Å². The molecule has 24 heavy (non-hydrogen) atoms. The van der Waals surface area contributed by atoms with E-state index in [1.54, 1.807) is 4.90 Å². The third-order valence-electron chi connectivity index (χ3n) is 5.03. The van der Waals surface area contributed by atoms with Gasteiger partial charge in [0.25, 0.3) is 5.91 Å². The molecule has 2 aromatic rings. The van der Waals surface area contributed by atoms with Crippen LogP contribution >= 0.6 is 0 Å². The molecule has 5 nitrogen and oxygen atoms in total. The lowest BCUT2D eigenvalue weighted by atomic mass is 10.0. The number of hydrogen-bond donors (Lipinski definition) is 1. The molecule has 2 heterocycles. The molecule has 4 rings (SSSR count). The van der Waals surface area contributed by atoms with Crippen molar-refractivity contribution in [3.63, 3.8) is 0 Å². The van der Waals surface area contributed by atoms with Gasteiger partial charge >= 0.3 is 5.97 Å². The number of likely N-dealkylation sites (tertiary alicyclic amines) is 1. The summed E-state index contributed by atoms with van der Waals surface area (Å²) < 4.78 is 0. The second kappa shape index (κ2) is 5.58. The summed E-state index contributed by atoms with van der Waals surface area (Å²) in [5, 5.41) is 10.0. The van der Waals surface area contributed by atoms with E-state index in [-0.39, 0.29) is 5.91 Å². The van der Waals surface area contributed by atoms with Gasteiger partial charge in [0.1, 0.15) is 0 Å². The smallest absolute Gasteiger partial charge is 0.308 e. The normalized spacial score (nSPS) is 20.5. The van der Waals surface area contributed by atoms with Gasteiger partial charge in [0.05, 0.1) is 17.0 Å². The van der Waals surface area contributed by atoms with E-state index in [1.807, 2.05) is 31.2 Å². The molecule has 1 N–H and O–H groups in total. The van der Waals surface area contributed by atoms with E-state index in [0.29, 0.717) is 31.0 Å². The van der Waals surface area contributed by atoms with Crippen molar-refractivity contribution < 1.29 is 14.7 Å². The Morgan fingerprint density at radius 2 is 2.00 bits per heavy atom. The third-order valence-corrected chi connectivity index (χ3v) is 5.03. The van der Waals surface area contributed by atoms with Crippen molar-refractivity contribution in [1.82, 2.24) is 9.88 Å². The zero-order chi connectivity index (χ0) is 16.8. The highest BCUT2D eigenvalue weighted by Gasteiger charge is 2.33. The lowest BCUT2D eigenvalue weighted by molar-refractivity contribution is -0.141. The van der Waals surface area contributed by atoms with Crippen LogP contribution in [-0.2, 0) is 4.79 Å². The summed E-state index contributed by atoms with van der Waals surface area (Å²) in [6, 6.07) is 7.90. The Balaban J connectivity index is 1.75. The molecular formula is C19H20N2O3. The van der Waals surface area contributed by atoms with Crippen LogP contribution in [0.4, 0.5) is 0 Å². The van der Waals surface area contributed by atoms with Gasteiger partial charge in [-0.05, 0) is 44.4 Å². The van der Waals surface area contributed by atoms with Gasteiger partial charge in [-0.3, -0.25) is 14.6 Å². The molecule has 5 heteroatoms. The number of aryl methyl sites for hydroxylation is 1.